The third kappa shape index (κ3) is 6.35. The molecule has 0 saturated heterocycles. The lowest BCUT2D eigenvalue weighted by atomic mass is 9.81. The zero-order chi connectivity index (χ0) is 14.6. The first-order chi connectivity index (χ1) is 7.99. The van der Waals surface area contributed by atoms with Gasteiger partial charge in [-0.2, -0.15) is 0 Å². The van der Waals surface area contributed by atoms with Gasteiger partial charge in [0.2, 0.25) is 5.91 Å². The molecule has 0 fully saturated rings. The molecule has 0 rings (SSSR count). The lowest BCUT2D eigenvalue weighted by Gasteiger charge is -2.26. The number of aliphatic hydroxyl groups excluding tert-OH is 1. The van der Waals surface area contributed by atoms with Crippen LogP contribution in [0.4, 0.5) is 0 Å². The Morgan fingerprint density at radius 3 is 2.22 bits per heavy atom. The number of carbonyl (C=O) groups excluding carboxylic acids is 1. The maximum absolute atomic E-state index is 11.8. The van der Waals surface area contributed by atoms with Crippen LogP contribution in [0.2, 0.25) is 0 Å². The summed E-state index contributed by atoms with van der Waals surface area (Å²) in [7, 11) is -3.22. The molecule has 0 radical (unpaired) electrons. The van der Waals surface area contributed by atoms with E-state index in [0.29, 0.717) is 0 Å². The van der Waals surface area contributed by atoms with Gasteiger partial charge in [-0.05, 0) is 5.41 Å². The Balaban J connectivity index is 4.23. The van der Waals surface area contributed by atoms with E-state index in [9.17, 15) is 18.3 Å². The highest BCUT2D eigenvalue weighted by Crippen LogP contribution is 2.25. The van der Waals surface area contributed by atoms with E-state index in [1.807, 2.05) is 27.7 Å². The molecule has 0 bridgehead atoms. The van der Waals surface area contributed by atoms with Crippen LogP contribution in [-0.4, -0.2) is 43.6 Å². The fraction of sp³-hybridized carbons (Fsp3) is 0.917. The van der Waals surface area contributed by atoms with Crippen LogP contribution in [0.15, 0.2) is 0 Å². The average molecular weight is 279 g/mol. The van der Waals surface area contributed by atoms with Crippen molar-refractivity contribution in [3.8, 4) is 0 Å². The zero-order valence-electron chi connectivity index (χ0n) is 11.9. The van der Waals surface area contributed by atoms with Crippen LogP contribution < -0.4 is 5.32 Å². The van der Waals surface area contributed by atoms with Gasteiger partial charge in [-0.3, -0.25) is 4.79 Å². The molecule has 0 aliphatic rings. The second-order valence-electron chi connectivity index (χ2n) is 5.69. The van der Waals surface area contributed by atoms with Crippen LogP contribution in [0.5, 0.6) is 0 Å². The predicted molar refractivity (Wildman–Crippen MR) is 72.0 cm³/mol. The fourth-order valence-electron chi connectivity index (χ4n) is 1.23. The van der Waals surface area contributed by atoms with E-state index < -0.39 is 15.9 Å². The van der Waals surface area contributed by atoms with Crippen LogP contribution in [0.25, 0.3) is 0 Å². The second kappa shape index (κ2) is 6.52. The minimum absolute atomic E-state index is 0.00357. The van der Waals surface area contributed by atoms with Crippen molar-refractivity contribution >= 4 is 15.7 Å². The van der Waals surface area contributed by atoms with Crippen LogP contribution in [0.3, 0.4) is 0 Å². The van der Waals surface area contributed by atoms with E-state index in [2.05, 4.69) is 5.32 Å². The summed E-state index contributed by atoms with van der Waals surface area (Å²) in [5, 5.41) is 12.1. The Bertz CT molecular complexity index is 370. The largest absolute Gasteiger partial charge is 0.390 e. The molecule has 1 amide bonds. The summed E-state index contributed by atoms with van der Waals surface area (Å²) in [5.74, 6) is -0.688. The second-order valence-corrected chi connectivity index (χ2v) is 8.08. The molecule has 5 nitrogen and oxygen atoms in total. The lowest BCUT2D eigenvalue weighted by Crippen LogP contribution is -2.41. The van der Waals surface area contributed by atoms with Gasteiger partial charge in [-0.25, -0.2) is 8.42 Å². The van der Waals surface area contributed by atoms with Crippen molar-refractivity contribution in [3.63, 3.8) is 0 Å². The maximum atomic E-state index is 11.8. The third-order valence-corrected chi connectivity index (χ3v) is 4.86. The molecule has 0 spiro atoms. The van der Waals surface area contributed by atoms with Gasteiger partial charge < -0.3 is 10.4 Å². The Morgan fingerprint density at radius 1 is 1.33 bits per heavy atom. The van der Waals surface area contributed by atoms with Gasteiger partial charge >= 0.3 is 0 Å². The molecule has 0 aromatic rings. The highest BCUT2D eigenvalue weighted by molar-refractivity contribution is 7.91. The highest BCUT2D eigenvalue weighted by atomic mass is 32.2. The summed E-state index contributed by atoms with van der Waals surface area (Å²) in [6.07, 6.45) is -1.05. The minimum atomic E-state index is -3.22. The van der Waals surface area contributed by atoms with Crippen molar-refractivity contribution in [2.24, 2.45) is 11.3 Å². The van der Waals surface area contributed by atoms with E-state index in [4.69, 9.17) is 0 Å². The van der Waals surface area contributed by atoms with Crippen molar-refractivity contribution in [2.75, 3.05) is 18.1 Å². The van der Waals surface area contributed by atoms with Crippen molar-refractivity contribution in [3.05, 3.63) is 0 Å². The predicted octanol–water partition coefficient (Wildman–Crippen LogP) is 0.580. The summed E-state index contributed by atoms with van der Waals surface area (Å²) in [6.45, 7) is 9.17. The summed E-state index contributed by atoms with van der Waals surface area (Å²) >= 11 is 0. The zero-order valence-corrected chi connectivity index (χ0v) is 12.7. The van der Waals surface area contributed by atoms with Crippen molar-refractivity contribution in [1.82, 2.24) is 5.32 Å². The normalized spacial score (nSPS) is 16.1. The van der Waals surface area contributed by atoms with Crippen LogP contribution >= 0.6 is 0 Å². The van der Waals surface area contributed by atoms with E-state index in [-0.39, 0.29) is 35.3 Å². The minimum Gasteiger partial charge on any atom is -0.390 e. The number of rotatable bonds is 6. The first kappa shape index (κ1) is 17.4. The van der Waals surface area contributed by atoms with Gasteiger partial charge in [0, 0.05) is 18.2 Å². The van der Waals surface area contributed by atoms with E-state index >= 15 is 0 Å². The fourth-order valence-corrected chi connectivity index (χ4v) is 2.17. The number of hydrogen-bond donors (Lipinski definition) is 2. The molecule has 18 heavy (non-hydrogen) atoms. The van der Waals surface area contributed by atoms with Gasteiger partial charge in [-0.15, -0.1) is 0 Å². The number of amides is 1. The molecule has 2 unspecified atom stereocenters. The lowest BCUT2D eigenvalue weighted by molar-refractivity contribution is -0.127. The molecule has 0 aromatic heterocycles. The van der Waals surface area contributed by atoms with Gasteiger partial charge in [0.05, 0.1) is 11.9 Å². The Labute approximate surface area is 110 Å². The number of aliphatic hydroxyl groups is 1. The molecular formula is C12H25NO4S. The molecule has 6 heteroatoms. The van der Waals surface area contributed by atoms with Gasteiger partial charge in [0.1, 0.15) is 0 Å². The maximum Gasteiger partial charge on any atom is 0.223 e. The number of carbonyl (C=O) groups is 1. The molecule has 108 valence electrons. The molecule has 0 aliphatic carbocycles. The van der Waals surface area contributed by atoms with Gasteiger partial charge in [0.25, 0.3) is 0 Å². The quantitative estimate of drug-likeness (QED) is 0.745. The molecule has 0 saturated carbocycles. The van der Waals surface area contributed by atoms with Crippen molar-refractivity contribution < 1.29 is 18.3 Å². The average Bonchev–Trinajstić information content (AvgIpc) is 2.23. The topological polar surface area (TPSA) is 83.5 Å². The summed E-state index contributed by atoms with van der Waals surface area (Å²) in [5.41, 5.74) is -0.162. The standard InChI is InChI=1S/C12H25NO4S/c1-6-18(16,17)8-10(14)7-13-11(15)9(2)12(3,4)5/h9-10,14H,6-8H2,1-5H3,(H,13,15). The molecule has 0 aromatic carbocycles. The Morgan fingerprint density at radius 2 is 1.83 bits per heavy atom. The smallest absolute Gasteiger partial charge is 0.223 e. The first-order valence-electron chi connectivity index (χ1n) is 6.15. The van der Waals surface area contributed by atoms with E-state index in [1.165, 1.54) is 6.92 Å². The summed E-state index contributed by atoms with van der Waals surface area (Å²) < 4.78 is 22.5. The number of nitrogens with one attached hydrogen (secondary N) is 1. The summed E-state index contributed by atoms with van der Waals surface area (Å²) in [6, 6.07) is 0. The molecule has 0 aliphatic heterocycles. The first-order valence-corrected chi connectivity index (χ1v) is 7.98. The Kier molecular flexibility index (Phi) is 6.29. The molecular weight excluding hydrogens is 254 g/mol. The van der Waals surface area contributed by atoms with Crippen LogP contribution in [0.1, 0.15) is 34.6 Å². The highest BCUT2D eigenvalue weighted by Gasteiger charge is 2.27. The van der Waals surface area contributed by atoms with Crippen molar-refractivity contribution in [1.29, 1.82) is 0 Å². The SMILES string of the molecule is CCS(=O)(=O)CC(O)CNC(=O)C(C)C(C)(C)C. The van der Waals surface area contributed by atoms with Gasteiger partial charge in [0.15, 0.2) is 9.84 Å². The molecule has 0 heterocycles. The third-order valence-electron chi connectivity index (χ3n) is 3.09. The molecule has 2 N–H and O–H groups in total. The van der Waals surface area contributed by atoms with Gasteiger partial charge in [-0.1, -0.05) is 34.6 Å². The van der Waals surface area contributed by atoms with Crippen LogP contribution in [0, 0.1) is 11.3 Å². The number of sulfone groups is 1. The van der Waals surface area contributed by atoms with Crippen LogP contribution in [-0.2, 0) is 14.6 Å². The number of hydrogen-bond acceptors (Lipinski definition) is 4. The molecule has 2 atom stereocenters. The van der Waals surface area contributed by atoms with E-state index in [0.717, 1.165) is 0 Å². The van der Waals surface area contributed by atoms with Crippen molar-refractivity contribution in [2.45, 2.75) is 40.7 Å². The Hall–Kier alpha value is -0.620. The van der Waals surface area contributed by atoms with E-state index in [1.54, 1.807) is 0 Å². The monoisotopic (exact) mass is 279 g/mol. The summed E-state index contributed by atoms with van der Waals surface area (Å²) in [4.78, 5) is 11.8.